The number of carbonyl (C=O) groups excluding carboxylic acids is 1. The molecule has 2 unspecified atom stereocenters. The molecule has 1 aliphatic rings. The number of hydrogen-bond acceptors (Lipinski definition) is 4. The molecule has 2 amide bonds. The Morgan fingerprint density at radius 2 is 2.27 bits per heavy atom. The first kappa shape index (κ1) is 16.8. The molecule has 22 heavy (non-hydrogen) atoms. The van der Waals surface area contributed by atoms with Gasteiger partial charge in [0.1, 0.15) is 0 Å². The van der Waals surface area contributed by atoms with Gasteiger partial charge in [-0.3, -0.25) is 0 Å². The van der Waals surface area contributed by atoms with Gasteiger partial charge in [0.2, 0.25) is 10.0 Å². The van der Waals surface area contributed by atoms with E-state index in [4.69, 9.17) is 0 Å². The fourth-order valence-corrected chi connectivity index (χ4v) is 3.42. The van der Waals surface area contributed by atoms with Crippen LogP contribution in [0.2, 0.25) is 0 Å². The zero-order valence-corrected chi connectivity index (χ0v) is 13.7. The van der Waals surface area contributed by atoms with E-state index in [1.165, 1.54) is 0 Å². The van der Waals surface area contributed by atoms with Crippen molar-refractivity contribution >= 4 is 16.1 Å². The summed E-state index contributed by atoms with van der Waals surface area (Å²) in [7, 11) is -3.25. The molecule has 1 aromatic rings. The molecule has 1 fully saturated rings. The van der Waals surface area contributed by atoms with Crippen molar-refractivity contribution in [3.63, 3.8) is 0 Å². The number of piperidine rings is 1. The van der Waals surface area contributed by atoms with Crippen LogP contribution in [-0.2, 0) is 16.6 Å². The summed E-state index contributed by atoms with van der Waals surface area (Å²) in [6, 6.07) is -0.406. The number of nitrogens with zero attached hydrogens (tertiary/aromatic N) is 3. The topological polar surface area (TPSA) is 96.3 Å². The van der Waals surface area contributed by atoms with Crippen molar-refractivity contribution in [3.8, 4) is 0 Å². The van der Waals surface area contributed by atoms with Crippen LogP contribution in [0.4, 0.5) is 4.79 Å². The molecule has 0 bridgehead atoms. The molecular weight excluding hydrogens is 306 g/mol. The Bertz CT molecular complexity index is 587. The van der Waals surface area contributed by atoms with Crippen LogP contribution in [0.5, 0.6) is 0 Å². The maximum Gasteiger partial charge on any atom is 0.317 e. The summed E-state index contributed by atoms with van der Waals surface area (Å²) in [6.45, 7) is 3.61. The molecule has 0 saturated carbocycles. The SMILES string of the molecule is CC(Cn1ccnc1)NC(=O)N1CCCC(NS(C)(=O)=O)C1. The Hall–Kier alpha value is -1.61. The molecule has 0 spiro atoms. The number of imidazole rings is 1. The molecule has 0 aliphatic carbocycles. The molecule has 2 atom stereocenters. The van der Waals surface area contributed by atoms with E-state index in [2.05, 4.69) is 15.0 Å². The van der Waals surface area contributed by atoms with Crippen molar-refractivity contribution < 1.29 is 13.2 Å². The number of urea groups is 1. The molecule has 2 N–H and O–H groups in total. The fraction of sp³-hybridized carbons (Fsp3) is 0.692. The monoisotopic (exact) mass is 329 g/mol. The van der Waals surface area contributed by atoms with Gasteiger partial charge in [0.05, 0.1) is 12.6 Å². The first-order chi connectivity index (χ1) is 10.3. The average molecular weight is 329 g/mol. The van der Waals surface area contributed by atoms with Crippen LogP contribution >= 0.6 is 0 Å². The number of hydrogen-bond donors (Lipinski definition) is 2. The van der Waals surface area contributed by atoms with Gasteiger partial charge in [0.15, 0.2) is 0 Å². The molecule has 0 aromatic carbocycles. The lowest BCUT2D eigenvalue weighted by Gasteiger charge is -2.33. The Morgan fingerprint density at radius 3 is 2.91 bits per heavy atom. The van der Waals surface area contributed by atoms with E-state index < -0.39 is 10.0 Å². The molecule has 9 heteroatoms. The van der Waals surface area contributed by atoms with Gasteiger partial charge in [-0.1, -0.05) is 0 Å². The van der Waals surface area contributed by atoms with Gasteiger partial charge in [-0.2, -0.15) is 0 Å². The smallest absolute Gasteiger partial charge is 0.317 e. The summed E-state index contributed by atoms with van der Waals surface area (Å²) in [6.07, 6.45) is 7.92. The van der Waals surface area contributed by atoms with Crippen LogP contribution in [0.15, 0.2) is 18.7 Å². The molecule has 1 saturated heterocycles. The highest BCUT2D eigenvalue weighted by molar-refractivity contribution is 7.88. The summed E-state index contributed by atoms with van der Waals surface area (Å²) in [5.74, 6) is 0. The molecule has 2 heterocycles. The van der Waals surface area contributed by atoms with E-state index in [0.717, 1.165) is 19.1 Å². The largest absolute Gasteiger partial charge is 0.335 e. The number of sulfonamides is 1. The molecule has 0 radical (unpaired) electrons. The average Bonchev–Trinajstić information content (AvgIpc) is 2.89. The molecular formula is C13H23N5O3S. The van der Waals surface area contributed by atoms with Gasteiger partial charge < -0.3 is 14.8 Å². The van der Waals surface area contributed by atoms with E-state index in [-0.39, 0.29) is 18.1 Å². The third kappa shape index (κ3) is 5.30. The van der Waals surface area contributed by atoms with Crippen molar-refractivity contribution in [1.82, 2.24) is 24.5 Å². The Balaban J connectivity index is 1.83. The van der Waals surface area contributed by atoms with Crippen LogP contribution in [0.3, 0.4) is 0 Å². The van der Waals surface area contributed by atoms with Gasteiger partial charge in [-0.05, 0) is 19.8 Å². The third-order valence-electron chi connectivity index (χ3n) is 3.50. The predicted octanol–water partition coefficient (Wildman–Crippen LogP) is -0.00520. The van der Waals surface area contributed by atoms with Crippen molar-refractivity contribution in [2.75, 3.05) is 19.3 Å². The van der Waals surface area contributed by atoms with Gasteiger partial charge in [-0.25, -0.2) is 22.9 Å². The standard InChI is InChI=1S/C13H23N5O3S/c1-11(8-17-7-5-14-10-17)15-13(19)18-6-3-4-12(9-18)16-22(2,20)21/h5,7,10-12,16H,3-4,6,8-9H2,1-2H3,(H,15,19). The maximum absolute atomic E-state index is 12.3. The van der Waals surface area contributed by atoms with Crippen molar-refractivity contribution in [2.45, 2.75) is 38.4 Å². The van der Waals surface area contributed by atoms with Gasteiger partial charge in [0.25, 0.3) is 0 Å². The van der Waals surface area contributed by atoms with Crippen LogP contribution in [-0.4, -0.2) is 60.3 Å². The van der Waals surface area contributed by atoms with E-state index in [1.807, 2.05) is 17.7 Å². The number of carbonyl (C=O) groups is 1. The van der Waals surface area contributed by atoms with E-state index in [0.29, 0.717) is 19.6 Å². The number of nitrogens with one attached hydrogen (secondary N) is 2. The van der Waals surface area contributed by atoms with Crippen LogP contribution < -0.4 is 10.0 Å². The predicted molar refractivity (Wildman–Crippen MR) is 82.8 cm³/mol. The first-order valence-corrected chi connectivity index (χ1v) is 9.21. The summed E-state index contributed by atoms with van der Waals surface area (Å²) < 4.78 is 27.1. The summed E-state index contributed by atoms with van der Waals surface area (Å²) in [5, 5.41) is 2.93. The fourth-order valence-electron chi connectivity index (χ4n) is 2.62. The van der Waals surface area contributed by atoms with Crippen LogP contribution in [0.25, 0.3) is 0 Å². The molecule has 1 aromatic heterocycles. The molecule has 8 nitrogen and oxygen atoms in total. The zero-order chi connectivity index (χ0) is 16.2. The Morgan fingerprint density at radius 1 is 1.50 bits per heavy atom. The van der Waals surface area contributed by atoms with Crippen molar-refractivity contribution in [2.24, 2.45) is 0 Å². The lowest BCUT2D eigenvalue weighted by Crippen LogP contribution is -2.53. The second kappa shape index (κ2) is 7.10. The second-order valence-electron chi connectivity index (χ2n) is 5.79. The third-order valence-corrected chi connectivity index (χ3v) is 4.26. The van der Waals surface area contributed by atoms with E-state index >= 15 is 0 Å². The molecule has 1 aliphatic heterocycles. The zero-order valence-electron chi connectivity index (χ0n) is 12.9. The lowest BCUT2D eigenvalue weighted by molar-refractivity contribution is 0.173. The van der Waals surface area contributed by atoms with Gasteiger partial charge in [-0.15, -0.1) is 0 Å². The second-order valence-corrected chi connectivity index (χ2v) is 7.57. The number of amides is 2. The number of rotatable bonds is 5. The van der Waals surface area contributed by atoms with E-state index in [1.54, 1.807) is 17.4 Å². The molecule has 2 rings (SSSR count). The highest BCUT2D eigenvalue weighted by Gasteiger charge is 2.26. The maximum atomic E-state index is 12.3. The summed E-state index contributed by atoms with van der Waals surface area (Å²) in [4.78, 5) is 17.9. The van der Waals surface area contributed by atoms with Gasteiger partial charge in [0, 0.05) is 44.1 Å². The van der Waals surface area contributed by atoms with E-state index in [9.17, 15) is 13.2 Å². The van der Waals surface area contributed by atoms with Gasteiger partial charge >= 0.3 is 6.03 Å². The van der Waals surface area contributed by atoms with Crippen LogP contribution in [0.1, 0.15) is 19.8 Å². The summed E-state index contributed by atoms with van der Waals surface area (Å²) in [5.41, 5.74) is 0. The van der Waals surface area contributed by atoms with Crippen LogP contribution in [0, 0.1) is 0 Å². The number of likely N-dealkylation sites (tertiary alicyclic amines) is 1. The minimum Gasteiger partial charge on any atom is -0.335 e. The Labute approximate surface area is 130 Å². The number of aromatic nitrogens is 2. The minimum absolute atomic E-state index is 0.0371. The highest BCUT2D eigenvalue weighted by atomic mass is 32.2. The normalized spacial score (nSPS) is 20.6. The highest BCUT2D eigenvalue weighted by Crippen LogP contribution is 2.11. The first-order valence-electron chi connectivity index (χ1n) is 7.32. The quantitative estimate of drug-likeness (QED) is 0.794. The van der Waals surface area contributed by atoms with Crippen molar-refractivity contribution in [3.05, 3.63) is 18.7 Å². The minimum atomic E-state index is -3.25. The lowest BCUT2D eigenvalue weighted by atomic mass is 10.1. The summed E-state index contributed by atoms with van der Waals surface area (Å²) >= 11 is 0. The molecule has 124 valence electrons. The van der Waals surface area contributed by atoms with Crippen molar-refractivity contribution in [1.29, 1.82) is 0 Å². The Kier molecular flexibility index (Phi) is 5.41.